The first-order valence-electron chi connectivity index (χ1n) is 15.6. The Bertz CT molecular complexity index is 1220. The maximum Gasteiger partial charge on any atom is 0.481 e. The monoisotopic (exact) mass is 607 g/mol. The van der Waals surface area contributed by atoms with Crippen molar-refractivity contribution >= 4 is 25.0 Å². The molecule has 10 nitrogen and oxygen atoms in total. The Labute approximate surface area is 261 Å². The molecule has 2 heterocycles. The van der Waals surface area contributed by atoms with Gasteiger partial charge in [-0.05, 0) is 64.5 Å². The fourth-order valence-corrected chi connectivity index (χ4v) is 5.51. The van der Waals surface area contributed by atoms with Crippen molar-refractivity contribution < 1.29 is 33.5 Å². The smallest absolute Gasteiger partial charge is 0.465 e. The highest BCUT2D eigenvalue weighted by Gasteiger charge is 2.54. The lowest BCUT2D eigenvalue weighted by Crippen LogP contribution is -2.57. The average Bonchev–Trinajstić information content (AvgIpc) is 3.23. The van der Waals surface area contributed by atoms with Gasteiger partial charge in [-0.15, -0.1) is 0 Å². The molecule has 2 N–H and O–H groups in total. The second kappa shape index (κ2) is 15.1. The number of carbonyl (C=O) groups is 3. The third-order valence-electron chi connectivity index (χ3n) is 8.89. The van der Waals surface area contributed by atoms with Crippen LogP contribution in [0.3, 0.4) is 0 Å². The molecule has 2 saturated heterocycles. The second-order valence-corrected chi connectivity index (χ2v) is 12.5. The predicted molar refractivity (Wildman–Crippen MR) is 168 cm³/mol. The van der Waals surface area contributed by atoms with Gasteiger partial charge in [-0.1, -0.05) is 60.7 Å². The fourth-order valence-electron chi connectivity index (χ4n) is 5.51. The third kappa shape index (κ3) is 8.83. The van der Waals surface area contributed by atoms with E-state index >= 15 is 0 Å². The maximum absolute atomic E-state index is 14.1. The minimum absolute atomic E-state index is 0.0585. The molecule has 2 aliphatic heterocycles. The van der Waals surface area contributed by atoms with E-state index in [-0.39, 0.29) is 18.9 Å². The Morgan fingerprint density at radius 2 is 1.45 bits per heavy atom. The molecule has 44 heavy (non-hydrogen) atoms. The van der Waals surface area contributed by atoms with Crippen LogP contribution in [0.5, 0.6) is 0 Å². The van der Waals surface area contributed by atoms with E-state index < -0.39 is 42.3 Å². The summed E-state index contributed by atoms with van der Waals surface area (Å²) in [5, 5.41) is 13.4. The van der Waals surface area contributed by atoms with Crippen LogP contribution in [0.1, 0.15) is 58.1 Å². The summed E-state index contributed by atoms with van der Waals surface area (Å²) >= 11 is 0. The third-order valence-corrected chi connectivity index (χ3v) is 8.89. The van der Waals surface area contributed by atoms with Crippen LogP contribution in [0, 0.1) is 0 Å². The van der Waals surface area contributed by atoms with Crippen molar-refractivity contribution in [2.75, 3.05) is 32.8 Å². The van der Waals surface area contributed by atoms with Gasteiger partial charge in [-0.2, -0.15) is 0 Å². The van der Waals surface area contributed by atoms with Crippen LogP contribution in [0.15, 0.2) is 60.7 Å². The lowest BCUT2D eigenvalue weighted by Gasteiger charge is -2.33. The molecule has 2 aromatic carbocycles. The number of aryl methyl sites for hydroxylation is 1. The lowest BCUT2D eigenvalue weighted by molar-refractivity contribution is -0.140. The van der Waals surface area contributed by atoms with Crippen molar-refractivity contribution in [3.63, 3.8) is 0 Å². The number of amides is 3. The van der Waals surface area contributed by atoms with Crippen molar-refractivity contribution in [3.8, 4) is 0 Å². The Hall–Kier alpha value is -3.41. The van der Waals surface area contributed by atoms with E-state index in [0.717, 1.165) is 23.3 Å². The fraction of sp³-hybridized carbons (Fsp3) is 0.545. The summed E-state index contributed by atoms with van der Waals surface area (Å²) in [6.45, 7) is 9.49. The second-order valence-electron chi connectivity index (χ2n) is 12.5. The Morgan fingerprint density at radius 3 is 2.00 bits per heavy atom. The van der Waals surface area contributed by atoms with E-state index in [2.05, 4.69) is 17.4 Å². The molecule has 0 bridgehead atoms. The SMILES string of the molecule is CC1(C)OB(C(CCCc2ccccc2)NC(=O)C(CC(=O)N2CCOCC2)N(CCc2ccccc2)C(=O)O)OC1(C)C. The molecular formula is C33H46BN3O7. The predicted octanol–water partition coefficient (Wildman–Crippen LogP) is 3.97. The lowest BCUT2D eigenvalue weighted by atomic mass is 9.75. The van der Waals surface area contributed by atoms with Gasteiger partial charge >= 0.3 is 13.2 Å². The van der Waals surface area contributed by atoms with Gasteiger partial charge in [0, 0.05) is 19.6 Å². The molecule has 2 aromatic rings. The number of hydrogen-bond donors (Lipinski definition) is 2. The van der Waals surface area contributed by atoms with Crippen molar-refractivity contribution in [3.05, 3.63) is 71.8 Å². The maximum atomic E-state index is 14.1. The van der Waals surface area contributed by atoms with Crippen molar-refractivity contribution in [1.29, 1.82) is 0 Å². The molecule has 4 rings (SSSR count). The van der Waals surface area contributed by atoms with Crippen LogP contribution in [-0.4, -0.2) is 96.0 Å². The summed E-state index contributed by atoms with van der Waals surface area (Å²) in [6, 6.07) is 18.3. The topological polar surface area (TPSA) is 118 Å². The Balaban J connectivity index is 1.56. The molecule has 0 spiro atoms. The molecule has 2 fully saturated rings. The minimum atomic E-state index is -1.26. The molecule has 2 unspecified atom stereocenters. The van der Waals surface area contributed by atoms with Gasteiger partial charge in [-0.25, -0.2) is 4.79 Å². The molecule has 2 aliphatic rings. The van der Waals surface area contributed by atoms with Gasteiger partial charge in [0.15, 0.2) is 0 Å². The van der Waals surface area contributed by atoms with Crippen LogP contribution in [0.25, 0.3) is 0 Å². The molecule has 11 heteroatoms. The number of nitrogens with one attached hydrogen (secondary N) is 1. The number of ether oxygens (including phenoxy) is 1. The molecular weight excluding hydrogens is 561 g/mol. The zero-order chi connectivity index (χ0) is 31.7. The van der Waals surface area contributed by atoms with Crippen LogP contribution in [0.4, 0.5) is 4.79 Å². The van der Waals surface area contributed by atoms with Crippen LogP contribution < -0.4 is 5.32 Å². The molecule has 238 valence electrons. The summed E-state index contributed by atoms with van der Waals surface area (Å²) in [4.78, 5) is 42.8. The number of carbonyl (C=O) groups excluding carboxylic acids is 2. The van der Waals surface area contributed by atoms with Crippen molar-refractivity contribution in [2.24, 2.45) is 0 Å². The zero-order valence-electron chi connectivity index (χ0n) is 26.4. The summed E-state index contributed by atoms with van der Waals surface area (Å²) in [5.74, 6) is -1.38. The number of morpholine rings is 1. The van der Waals surface area contributed by atoms with E-state index in [4.69, 9.17) is 14.0 Å². The van der Waals surface area contributed by atoms with Crippen LogP contribution in [0.2, 0.25) is 0 Å². The summed E-state index contributed by atoms with van der Waals surface area (Å²) < 4.78 is 18.1. The van der Waals surface area contributed by atoms with Gasteiger partial charge in [0.2, 0.25) is 11.8 Å². The molecule has 0 aliphatic carbocycles. The number of carboxylic acid groups (broad SMARTS) is 1. The van der Waals surface area contributed by atoms with E-state index in [1.807, 2.05) is 76.2 Å². The standard InChI is InChI=1S/C33H46BN3O7/c1-32(2)33(3,4)44-34(43-32)28(17-11-16-25-12-7-5-8-13-25)35-30(39)27(24-29(38)36-20-22-42-23-21-36)37(31(40)41)19-18-26-14-9-6-10-15-26/h5-10,12-15,27-28H,11,16-24H2,1-4H3,(H,35,39)(H,40,41). The first-order valence-corrected chi connectivity index (χ1v) is 15.6. The van der Waals surface area contributed by atoms with Gasteiger partial charge in [-0.3, -0.25) is 14.5 Å². The minimum Gasteiger partial charge on any atom is -0.465 e. The number of hydrogen-bond acceptors (Lipinski definition) is 6. The summed E-state index contributed by atoms with van der Waals surface area (Å²) in [6.07, 6.45) is 0.954. The highest BCUT2D eigenvalue weighted by molar-refractivity contribution is 6.48. The number of rotatable bonds is 13. The largest absolute Gasteiger partial charge is 0.481 e. The molecule has 0 aromatic heterocycles. The average molecular weight is 608 g/mol. The van der Waals surface area contributed by atoms with Gasteiger partial charge in [0.1, 0.15) is 6.04 Å². The highest BCUT2D eigenvalue weighted by Crippen LogP contribution is 2.38. The van der Waals surface area contributed by atoms with Gasteiger partial charge in [0.25, 0.3) is 0 Å². The molecule has 0 saturated carbocycles. The number of nitrogens with zero attached hydrogens (tertiary/aromatic N) is 2. The first-order chi connectivity index (χ1) is 21.0. The number of benzene rings is 2. The van der Waals surface area contributed by atoms with Gasteiger partial charge in [0.05, 0.1) is 36.8 Å². The Kier molecular flexibility index (Phi) is 11.5. The zero-order valence-corrected chi connectivity index (χ0v) is 26.4. The van der Waals surface area contributed by atoms with Crippen molar-refractivity contribution in [1.82, 2.24) is 15.1 Å². The molecule has 2 atom stereocenters. The van der Waals surface area contributed by atoms with Crippen LogP contribution >= 0.6 is 0 Å². The highest BCUT2D eigenvalue weighted by atomic mass is 16.7. The summed E-state index contributed by atoms with van der Waals surface area (Å²) in [5.41, 5.74) is 0.884. The molecule has 0 radical (unpaired) electrons. The van der Waals surface area contributed by atoms with Crippen molar-refractivity contribution in [2.45, 2.75) is 83.0 Å². The first kappa shape index (κ1) is 33.5. The normalized spacial score (nSPS) is 18.8. The van der Waals surface area contributed by atoms with Gasteiger partial charge < -0.3 is 29.4 Å². The quantitative estimate of drug-likeness (QED) is 0.331. The van der Waals surface area contributed by atoms with E-state index in [0.29, 0.717) is 39.1 Å². The van der Waals surface area contributed by atoms with E-state index in [1.54, 1.807) is 4.90 Å². The Morgan fingerprint density at radius 1 is 0.909 bits per heavy atom. The molecule has 3 amide bonds. The van der Waals surface area contributed by atoms with E-state index in [1.165, 1.54) is 5.56 Å². The summed E-state index contributed by atoms with van der Waals surface area (Å²) in [7, 11) is -0.738. The van der Waals surface area contributed by atoms with Crippen LogP contribution in [-0.2, 0) is 36.5 Å². The van der Waals surface area contributed by atoms with E-state index in [9.17, 15) is 19.5 Å².